The van der Waals surface area contributed by atoms with Gasteiger partial charge < -0.3 is 5.11 Å². The van der Waals surface area contributed by atoms with Gasteiger partial charge in [0.2, 0.25) is 5.78 Å². The fraction of sp³-hybridized carbons (Fsp3) is 0.167. The molecule has 2 rings (SSSR count). The van der Waals surface area contributed by atoms with Crippen LogP contribution in [0.2, 0.25) is 0 Å². The zero-order valence-corrected chi connectivity index (χ0v) is 8.87. The number of ketones is 1. The van der Waals surface area contributed by atoms with E-state index in [1.54, 1.807) is 37.4 Å². The van der Waals surface area contributed by atoms with Gasteiger partial charge in [0.15, 0.2) is 0 Å². The van der Waals surface area contributed by atoms with E-state index in [1.807, 2.05) is 6.07 Å². The third-order valence-electron chi connectivity index (χ3n) is 2.44. The quantitative estimate of drug-likeness (QED) is 0.787. The molecule has 1 N–H and O–H groups in total. The van der Waals surface area contributed by atoms with Crippen LogP contribution >= 0.6 is 0 Å². The Kier molecular flexibility index (Phi) is 2.83. The molecule has 0 amide bonds. The van der Waals surface area contributed by atoms with E-state index >= 15 is 0 Å². The van der Waals surface area contributed by atoms with Gasteiger partial charge in [-0.1, -0.05) is 30.3 Å². The van der Waals surface area contributed by atoms with Crippen LogP contribution in [0.25, 0.3) is 0 Å². The molecule has 1 aromatic heterocycles. The van der Waals surface area contributed by atoms with E-state index < -0.39 is 6.10 Å². The molecule has 1 unspecified atom stereocenters. The fourth-order valence-electron chi connectivity index (χ4n) is 1.54. The van der Waals surface area contributed by atoms with E-state index in [9.17, 15) is 9.90 Å². The van der Waals surface area contributed by atoms with E-state index in [4.69, 9.17) is 0 Å². The first-order valence-electron chi connectivity index (χ1n) is 4.95. The fourth-order valence-corrected chi connectivity index (χ4v) is 1.54. The van der Waals surface area contributed by atoms with Crippen LogP contribution < -0.4 is 0 Å². The molecule has 0 spiro atoms. The Balaban J connectivity index is 2.27. The number of rotatable bonds is 3. The van der Waals surface area contributed by atoms with Gasteiger partial charge in [-0.2, -0.15) is 5.10 Å². The number of carbonyl (C=O) groups is 1. The highest BCUT2D eigenvalue weighted by Crippen LogP contribution is 2.17. The van der Waals surface area contributed by atoms with Crippen LogP contribution in [0, 0.1) is 0 Å². The van der Waals surface area contributed by atoms with Crippen molar-refractivity contribution in [1.29, 1.82) is 0 Å². The van der Waals surface area contributed by atoms with Crippen LogP contribution in [0.15, 0.2) is 42.6 Å². The van der Waals surface area contributed by atoms with Gasteiger partial charge in [-0.25, -0.2) is 0 Å². The Morgan fingerprint density at radius 1 is 1.31 bits per heavy atom. The molecule has 0 aliphatic heterocycles. The first kappa shape index (κ1) is 10.6. The van der Waals surface area contributed by atoms with Gasteiger partial charge >= 0.3 is 0 Å². The summed E-state index contributed by atoms with van der Waals surface area (Å²) in [5.41, 5.74) is 0.991. The molecule has 4 heteroatoms. The summed E-state index contributed by atoms with van der Waals surface area (Å²) in [4.78, 5) is 11.9. The molecule has 0 aliphatic carbocycles. The Hall–Kier alpha value is -1.94. The van der Waals surface area contributed by atoms with Crippen molar-refractivity contribution in [1.82, 2.24) is 9.78 Å². The largest absolute Gasteiger partial charge is 0.380 e. The number of Topliss-reactive ketones (excluding diaryl/α,β-unsaturated/α-hetero) is 1. The Labute approximate surface area is 93.1 Å². The van der Waals surface area contributed by atoms with Crippen LogP contribution in [0.3, 0.4) is 0 Å². The van der Waals surface area contributed by atoms with E-state index in [-0.39, 0.29) is 5.78 Å². The molecule has 1 atom stereocenters. The van der Waals surface area contributed by atoms with Crippen molar-refractivity contribution in [3.63, 3.8) is 0 Å². The van der Waals surface area contributed by atoms with Crippen LogP contribution in [0.4, 0.5) is 0 Å². The number of aryl methyl sites for hydroxylation is 1. The van der Waals surface area contributed by atoms with Crippen LogP contribution in [-0.4, -0.2) is 20.7 Å². The summed E-state index contributed by atoms with van der Waals surface area (Å²) in [6.45, 7) is 0. The number of nitrogens with zero attached hydrogens (tertiary/aromatic N) is 2. The predicted molar refractivity (Wildman–Crippen MR) is 58.9 cm³/mol. The summed E-state index contributed by atoms with van der Waals surface area (Å²) in [5.74, 6) is -0.341. The first-order chi connectivity index (χ1) is 7.70. The van der Waals surface area contributed by atoms with E-state index in [1.165, 1.54) is 10.9 Å². The molecule has 82 valence electrons. The lowest BCUT2D eigenvalue weighted by Gasteiger charge is -2.09. The van der Waals surface area contributed by atoms with Gasteiger partial charge in [-0.15, -0.1) is 0 Å². The van der Waals surface area contributed by atoms with E-state index in [0.29, 0.717) is 11.3 Å². The lowest BCUT2D eigenvalue weighted by Crippen LogP contribution is -2.15. The molecule has 0 aliphatic rings. The number of carbonyl (C=O) groups excluding carboxylic acids is 1. The van der Waals surface area contributed by atoms with Gasteiger partial charge in [0.05, 0.1) is 0 Å². The van der Waals surface area contributed by atoms with Crippen LogP contribution in [0.5, 0.6) is 0 Å². The highest BCUT2D eigenvalue weighted by Gasteiger charge is 2.21. The predicted octanol–water partition coefficient (Wildman–Crippen LogP) is 1.34. The highest BCUT2D eigenvalue weighted by atomic mass is 16.3. The maximum Gasteiger partial charge on any atom is 0.213 e. The highest BCUT2D eigenvalue weighted by molar-refractivity contribution is 5.98. The number of aliphatic hydroxyl groups excluding tert-OH is 1. The lowest BCUT2D eigenvalue weighted by atomic mass is 10.0. The topological polar surface area (TPSA) is 55.1 Å². The lowest BCUT2D eigenvalue weighted by molar-refractivity contribution is 0.0737. The zero-order chi connectivity index (χ0) is 11.5. The van der Waals surface area contributed by atoms with Crippen molar-refractivity contribution in [2.75, 3.05) is 0 Å². The average molecular weight is 216 g/mol. The van der Waals surface area contributed by atoms with Crippen molar-refractivity contribution in [3.05, 3.63) is 53.9 Å². The van der Waals surface area contributed by atoms with Crippen molar-refractivity contribution in [3.8, 4) is 0 Å². The van der Waals surface area contributed by atoms with Gasteiger partial charge in [-0.3, -0.25) is 9.48 Å². The van der Waals surface area contributed by atoms with Gasteiger partial charge in [0.25, 0.3) is 0 Å². The molecule has 1 heterocycles. The molecule has 0 bridgehead atoms. The SMILES string of the molecule is Cn1nccc1C(=O)C(O)c1ccccc1. The summed E-state index contributed by atoms with van der Waals surface area (Å²) in [5, 5.41) is 13.8. The minimum absolute atomic E-state index is 0.341. The molecule has 4 nitrogen and oxygen atoms in total. The molecule has 2 aromatic rings. The second kappa shape index (κ2) is 4.28. The molecule has 0 radical (unpaired) electrons. The maximum atomic E-state index is 11.9. The first-order valence-corrected chi connectivity index (χ1v) is 4.95. The Bertz CT molecular complexity index is 491. The number of hydrogen-bond acceptors (Lipinski definition) is 3. The van der Waals surface area contributed by atoms with Gasteiger partial charge in [0.1, 0.15) is 11.8 Å². The molecule has 0 saturated carbocycles. The van der Waals surface area contributed by atoms with Crippen LogP contribution in [0.1, 0.15) is 22.2 Å². The number of aliphatic hydroxyl groups is 1. The van der Waals surface area contributed by atoms with Crippen molar-refractivity contribution in [2.45, 2.75) is 6.10 Å². The summed E-state index contributed by atoms with van der Waals surface area (Å²) >= 11 is 0. The van der Waals surface area contributed by atoms with Crippen molar-refractivity contribution in [2.24, 2.45) is 7.05 Å². The molecular formula is C12H12N2O2. The molecule has 1 aromatic carbocycles. The van der Waals surface area contributed by atoms with Gasteiger partial charge in [-0.05, 0) is 11.6 Å². The molecule has 16 heavy (non-hydrogen) atoms. The molecule has 0 fully saturated rings. The molecule has 0 saturated heterocycles. The summed E-state index contributed by atoms with van der Waals surface area (Å²) in [6.07, 6.45) is 0.405. The van der Waals surface area contributed by atoms with Gasteiger partial charge in [0, 0.05) is 13.2 Å². The molecular weight excluding hydrogens is 204 g/mol. The normalized spacial score (nSPS) is 12.4. The monoisotopic (exact) mass is 216 g/mol. The zero-order valence-electron chi connectivity index (χ0n) is 8.87. The number of hydrogen-bond donors (Lipinski definition) is 1. The number of benzene rings is 1. The van der Waals surface area contributed by atoms with Crippen molar-refractivity contribution >= 4 is 5.78 Å². The summed E-state index contributed by atoms with van der Waals surface area (Å²) in [6, 6.07) is 10.4. The van der Waals surface area contributed by atoms with E-state index in [0.717, 1.165) is 0 Å². The summed E-state index contributed by atoms with van der Waals surface area (Å²) < 4.78 is 1.45. The van der Waals surface area contributed by atoms with E-state index in [2.05, 4.69) is 5.10 Å². The standard InChI is InChI=1S/C12H12N2O2/c1-14-10(7-8-13-14)12(16)11(15)9-5-3-2-4-6-9/h2-8,11,15H,1H3. The smallest absolute Gasteiger partial charge is 0.213 e. The third-order valence-corrected chi connectivity index (χ3v) is 2.44. The third kappa shape index (κ3) is 1.87. The minimum atomic E-state index is -1.13. The minimum Gasteiger partial charge on any atom is -0.380 e. The van der Waals surface area contributed by atoms with Crippen molar-refractivity contribution < 1.29 is 9.90 Å². The Morgan fingerprint density at radius 3 is 2.56 bits per heavy atom. The Morgan fingerprint density at radius 2 is 2.00 bits per heavy atom. The second-order valence-corrected chi connectivity index (χ2v) is 3.52. The summed E-state index contributed by atoms with van der Waals surface area (Å²) in [7, 11) is 1.67. The van der Waals surface area contributed by atoms with Crippen LogP contribution in [-0.2, 0) is 7.05 Å². The number of aromatic nitrogens is 2. The second-order valence-electron chi connectivity index (χ2n) is 3.52. The average Bonchev–Trinajstić information content (AvgIpc) is 2.75. The maximum absolute atomic E-state index is 11.9.